The zero-order chi connectivity index (χ0) is 18.2. The number of aliphatic hydroxyl groups excluding tert-OH is 1. The summed E-state index contributed by atoms with van der Waals surface area (Å²) >= 11 is 7.94. The second-order valence-corrected chi connectivity index (χ2v) is 8.73. The molecule has 0 bridgehead atoms. The van der Waals surface area contributed by atoms with E-state index in [1.54, 1.807) is 0 Å². The molecule has 4 heteroatoms. The lowest BCUT2D eigenvalue weighted by Gasteiger charge is -2.17. The van der Waals surface area contributed by atoms with Gasteiger partial charge in [0.05, 0.1) is 6.10 Å². The summed E-state index contributed by atoms with van der Waals surface area (Å²) in [5, 5.41) is 14.9. The van der Waals surface area contributed by atoms with Crippen LogP contribution in [0.2, 0.25) is 5.02 Å². The van der Waals surface area contributed by atoms with E-state index in [1.807, 2.05) is 36.0 Å². The van der Waals surface area contributed by atoms with Gasteiger partial charge in [0.1, 0.15) is 0 Å². The molecule has 2 nitrogen and oxygen atoms in total. The third-order valence-electron chi connectivity index (χ3n) is 4.15. The van der Waals surface area contributed by atoms with E-state index in [4.69, 9.17) is 11.6 Å². The first-order chi connectivity index (χ1) is 12.0. The predicted octanol–water partition coefficient (Wildman–Crippen LogP) is 5.41. The quantitative estimate of drug-likeness (QED) is 0.612. The van der Waals surface area contributed by atoms with Crippen molar-refractivity contribution in [1.82, 2.24) is 5.32 Å². The molecule has 2 aromatic rings. The average Bonchev–Trinajstić information content (AvgIpc) is 2.60. The largest absolute Gasteiger partial charge is 0.387 e. The predicted molar refractivity (Wildman–Crippen MR) is 111 cm³/mol. The fraction of sp³-hybridized carbons (Fsp3) is 0.429. The zero-order valence-electron chi connectivity index (χ0n) is 15.2. The lowest BCUT2D eigenvalue weighted by Crippen LogP contribution is -2.25. The number of rotatable bonds is 9. The van der Waals surface area contributed by atoms with Gasteiger partial charge in [-0.05, 0) is 40.0 Å². The maximum Gasteiger partial charge on any atom is 0.0914 e. The number of halogens is 1. The molecule has 0 amide bonds. The number of thioether (sulfide) groups is 1. The first-order valence-corrected chi connectivity index (χ1v) is 10.2. The van der Waals surface area contributed by atoms with Crippen molar-refractivity contribution in [3.8, 4) is 0 Å². The first-order valence-electron chi connectivity index (χ1n) is 8.80. The molecule has 2 unspecified atom stereocenters. The molecule has 0 heterocycles. The van der Waals surface area contributed by atoms with Crippen molar-refractivity contribution in [2.45, 2.75) is 43.8 Å². The van der Waals surface area contributed by atoms with Crippen LogP contribution in [-0.4, -0.2) is 23.4 Å². The van der Waals surface area contributed by atoms with Crippen LogP contribution >= 0.6 is 23.4 Å². The molecule has 0 saturated carbocycles. The van der Waals surface area contributed by atoms with E-state index in [1.165, 1.54) is 11.1 Å². The minimum absolute atomic E-state index is 0.401. The lowest BCUT2D eigenvalue weighted by molar-refractivity contribution is 0.174. The van der Waals surface area contributed by atoms with E-state index in [-0.39, 0.29) is 0 Å². The van der Waals surface area contributed by atoms with Crippen molar-refractivity contribution in [3.63, 3.8) is 0 Å². The van der Waals surface area contributed by atoms with E-state index < -0.39 is 6.10 Å². The highest BCUT2D eigenvalue weighted by molar-refractivity contribution is 7.99. The Hall–Kier alpha value is -1.00. The van der Waals surface area contributed by atoms with Crippen molar-refractivity contribution in [2.75, 3.05) is 13.1 Å². The van der Waals surface area contributed by atoms with Crippen molar-refractivity contribution in [1.29, 1.82) is 0 Å². The molecule has 0 aliphatic heterocycles. The van der Waals surface area contributed by atoms with Gasteiger partial charge in [0.2, 0.25) is 0 Å². The summed E-state index contributed by atoms with van der Waals surface area (Å²) in [6.45, 7) is 8.01. The second-order valence-electron chi connectivity index (χ2n) is 6.73. The Balaban J connectivity index is 1.78. The van der Waals surface area contributed by atoms with Crippen molar-refractivity contribution < 1.29 is 5.11 Å². The molecule has 2 atom stereocenters. The second kappa shape index (κ2) is 10.2. The van der Waals surface area contributed by atoms with Gasteiger partial charge in [-0.25, -0.2) is 0 Å². The van der Waals surface area contributed by atoms with Gasteiger partial charge in [0, 0.05) is 23.9 Å². The van der Waals surface area contributed by atoms with Crippen LogP contribution in [0.3, 0.4) is 0 Å². The van der Waals surface area contributed by atoms with Crippen molar-refractivity contribution in [2.24, 2.45) is 0 Å². The van der Waals surface area contributed by atoms with Crippen LogP contribution in [0, 0.1) is 0 Å². The molecule has 0 spiro atoms. The summed E-state index contributed by atoms with van der Waals surface area (Å²) in [5.41, 5.74) is 3.54. The third-order valence-corrected chi connectivity index (χ3v) is 5.56. The Morgan fingerprint density at radius 1 is 1.00 bits per heavy atom. The number of aliphatic hydroxyl groups is 1. The summed E-state index contributed by atoms with van der Waals surface area (Å²) in [4.78, 5) is 0. The van der Waals surface area contributed by atoms with Crippen LogP contribution in [0.25, 0.3) is 0 Å². The summed E-state index contributed by atoms with van der Waals surface area (Å²) in [6, 6.07) is 16.3. The highest BCUT2D eigenvalue weighted by Crippen LogP contribution is 2.21. The lowest BCUT2D eigenvalue weighted by atomic mass is 10.00. The fourth-order valence-electron chi connectivity index (χ4n) is 2.59. The molecule has 25 heavy (non-hydrogen) atoms. The van der Waals surface area contributed by atoms with Crippen molar-refractivity contribution >= 4 is 23.4 Å². The van der Waals surface area contributed by atoms with Crippen LogP contribution in [0.5, 0.6) is 0 Å². The first kappa shape index (κ1) is 20.3. The molecule has 0 fully saturated rings. The minimum atomic E-state index is -0.540. The standard InChI is InChI=1S/C21H28ClNOS/c1-15(2)25-14-17-7-9-18(10-8-17)16(3)12-23-13-21(24)19-5-4-6-20(22)11-19/h4-11,15-16,21,23-24H,12-14H2,1-3H3. The normalized spacial score (nSPS) is 13.8. The van der Waals surface area contributed by atoms with Gasteiger partial charge >= 0.3 is 0 Å². The Morgan fingerprint density at radius 2 is 1.72 bits per heavy atom. The minimum Gasteiger partial charge on any atom is -0.387 e. The molecular formula is C21H28ClNOS. The van der Waals surface area contributed by atoms with E-state index in [0.29, 0.717) is 22.7 Å². The van der Waals surface area contributed by atoms with Crippen LogP contribution in [0.1, 0.15) is 49.5 Å². The molecule has 136 valence electrons. The molecule has 0 radical (unpaired) electrons. The van der Waals surface area contributed by atoms with E-state index in [0.717, 1.165) is 17.9 Å². The summed E-state index contributed by atoms with van der Waals surface area (Å²) in [7, 11) is 0. The van der Waals surface area contributed by atoms with E-state index >= 15 is 0 Å². The molecule has 2 rings (SSSR count). The van der Waals surface area contributed by atoms with Gasteiger partial charge in [-0.3, -0.25) is 0 Å². The van der Waals surface area contributed by atoms with Crippen LogP contribution in [0.4, 0.5) is 0 Å². The smallest absolute Gasteiger partial charge is 0.0914 e. The van der Waals surface area contributed by atoms with Gasteiger partial charge in [-0.15, -0.1) is 0 Å². The van der Waals surface area contributed by atoms with E-state index in [9.17, 15) is 5.11 Å². The number of nitrogens with one attached hydrogen (secondary N) is 1. The summed E-state index contributed by atoms with van der Waals surface area (Å²) < 4.78 is 0. The van der Waals surface area contributed by atoms with E-state index in [2.05, 4.69) is 50.4 Å². The van der Waals surface area contributed by atoms with Crippen LogP contribution < -0.4 is 5.32 Å². The number of hydrogen-bond acceptors (Lipinski definition) is 3. The molecule has 2 aromatic carbocycles. The molecule has 0 aliphatic rings. The van der Waals surface area contributed by atoms with Crippen LogP contribution in [-0.2, 0) is 5.75 Å². The Bertz CT molecular complexity index is 645. The molecule has 0 aliphatic carbocycles. The summed E-state index contributed by atoms with van der Waals surface area (Å²) in [5.74, 6) is 1.47. The maximum absolute atomic E-state index is 10.2. The number of hydrogen-bond donors (Lipinski definition) is 2. The van der Waals surface area contributed by atoms with Crippen molar-refractivity contribution in [3.05, 3.63) is 70.2 Å². The monoisotopic (exact) mass is 377 g/mol. The zero-order valence-corrected chi connectivity index (χ0v) is 16.8. The third kappa shape index (κ3) is 7.02. The highest BCUT2D eigenvalue weighted by Gasteiger charge is 2.10. The highest BCUT2D eigenvalue weighted by atomic mass is 35.5. The number of benzene rings is 2. The maximum atomic E-state index is 10.2. The summed E-state index contributed by atoms with van der Waals surface area (Å²) in [6.07, 6.45) is -0.540. The van der Waals surface area contributed by atoms with Gasteiger partial charge in [-0.2, -0.15) is 11.8 Å². The van der Waals surface area contributed by atoms with Gasteiger partial charge in [0.25, 0.3) is 0 Å². The van der Waals surface area contributed by atoms with Gasteiger partial charge in [-0.1, -0.05) is 68.8 Å². The Morgan fingerprint density at radius 3 is 2.36 bits per heavy atom. The molecule has 2 N–H and O–H groups in total. The molecule has 0 aromatic heterocycles. The van der Waals surface area contributed by atoms with Gasteiger partial charge in [0.15, 0.2) is 0 Å². The SMILES string of the molecule is CC(C)SCc1ccc(C(C)CNCC(O)c2cccc(Cl)c2)cc1. The molecular weight excluding hydrogens is 350 g/mol. The van der Waals surface area contributed by atoms with Crippen LogP contribution in [0.15, 0.2) is 48.5 Å². The van der Waals surface area contributed by atoms with Gasteiger partial charge < -0.3 is 10.4 Å². The average molecular weight is 378 g/mol. The Kier molecular flexibility index (Phi) is 8.31. The topological polar surface area (TPSA) is 32.3 Å². The molecule has 0 saturated heterocycles. The Labute approximate surface area is 161 Å². The fourth-order valence-corrected chi connectivity index (χ4v) is 3.51.